The van der Waals surface area contributed by atoms with Crippen LogP contribution in [-0.2, 0) is 16.0 Å². The maximum absolute atomic E-state index is 13.5. The monoisotopic (exact) mass is 226 g/mol. The van der Waals surface area contributed by atoms with Crippen molar-refractivity contribution in [3.8, 4) is 5.75 Å². The number of aliphatic hydroxyl groups excluding tert-OH is 1. The van der Waals surface area contributed by atoms with E-state index in [0.29, 0.717) is 13.0 Å². The average molecular weight is 226 g/mol. The molecule has 1 heterocycles. The van der Waals surface area contributed by atoms with Crippen LogP contribution < -0.4 is 4.74 Å². The lowest BCUT2D eigenvalue weighted by Crippen LogP contribution is -2.15. The molecule has 0 spiro atoms. The van der Waals surface area contributed by atoms with E-state index in [9.17, 15) is 14.3 Å². The van der Waals surface area contributed by atoms with Crippen LogP contribution >= 0.6 is 0 Å². The molecule has 0 aliphatic carbocycles. The topological polar surface area (TPSA) is 55.8 Å². The van der Waals surface area contributed by atoms with E-state index in [1.807, 2.05) is 0 Å². The van der Waals surface area contributed by atoms with Crippen molar-refractivity contribution in [3.05, 3.63) is 29.1 Å². The van der Waals surface area contributed by atoms with Crippen molar-refractivity contribution >= 4 is 5.97 Å². The molecule has 0 radical (unpaired) electrons. The second-order valence-electron chi connectivity index (χ2n) is 3.47. The number of carbonyl (C=O) groups is 1. The summed E-state index contributed by atoms with van der Waals surface area (Å²) in [5.74, 6) is -1.31. The van der Waals surface area contributed by atoms with Gasteiger partial charge in [0.05, 0.1) is 19.3 Å². The average Bonchev–Trinajstić information content (AvgIpc) is 2.75. The van der Waals surface area contributed by atoms with Crippen molar-refractivity contribution in [2.24, 2.45) is 0 Å². The molecule has 2 rings (SSSR count). The van der Waals surface area contributed by atoms with Gasteiger partial charge in [-0.2, -0.15) is 0 Å². The molecule has 1 aliphatic heterocycles. The summed E-state index contributed by atoms with van der Waals surface area (Å²) in [6, 6.07) is 2.81. The van der Waals surface area contributed by atoms with Crippen LogP contribution in [0, 0.1) is 5.82 Å². The molecule has 0 fully saturated rings. The molecule has 1 aromatic carbocycles. The third-order valence-electron chi connectivity index (χ3n) is 2.54. The van der Waals surface area contributed by atoms with E-state index in [4.69, 9.17) is 4.74 Å². The summed E-state index contributed by atoms with van der Waals surface area (Å²) in [6.07, 6.45) is -0.991. The van der Waals surface area contributed by atoms with Crippen LogP contribution in [0.15, 0.2) is 12.1 Å². The fourth-order valence-electron chi connectivity index (χ4n) is 1.74. The van der Waals surface area contributed by atoms with Gasteiger partial charge in [0.25, 0.3) is 0 Å². The lowest BCUT2D eigenvalue weighted by molar-refractivity contribution is -0.151. The summed E-state index contributed by atoms with van der Waals surface area (Å²) in [6.45, 7) is 0.430. The van der Waals surface area contributed by atoms with Crippen molar-refractivity contribution in [2.75, 3.05) is 13.7 Å². The molecule has 0 aromatic heterocycles. The molecule has 1 aromatic rings. The second-order valence-corrected chi connectivity index (χ2v) is 3.47. The Balaban J connectivity index is 2.47. The van der Waals surface area contributed by atoms with Crippen LogP contribution in [0.2, 0.25) is 0 Å². The van der Waals surface area contributed by atoms with E-state index in [-0.39, 0.29) is 11.3 Å². The number of rotatable bonds is 2. The first-order valence-corrected chi connectivity index (χ1v) is 4.85. The van der Waals surface area contributed by atoms with E-state index in [0.717, 1.165) is 12.7 Å². The molecule has 1 aliphatic rings. The number of ether oxygens (including phenoxy) is 2. The molecule has 1 N–H and O–H groups in total. The Labute approximate surface area is 91.6 Å². The van der Waals surface area contributed by atoms with Crippen LogP contribution in [0.4, 0.5) is 4.39 Å². The number of carbonyl (C=O) groups excluding carboxylic acids is 1. The first-order valence-electron chi connectivity index (χ1n) is 4.85. The van der Waals surface area contributed by atoms with E-state index in [2.05, 4.69) is 4.74 Å². The fraction of sp³-hybridized carbons (Fsp3) is 0.364. The van der Waals surface area contributed by atoms with Gasteiger partial charge in [-0.1, -0.05) is 6.07 Å². The van der Waals surface area contributed by atoms with Gasteiger partial charge >= 0.3 is 5.97 Å². The van der Waals surface area contributed by atoms with Crippen molar-refractivity contribution in [1.82, 2.24) is 0 Å². The highest BCUT2D eigenvalue weighted by molar-refractivity contribution is 5.77. The van der Waals surface area contributed by atoms with Crippen LogP contribution in [0.1, 0.15) is 17.2 Å². The number of halogens is 1. The SMILES string of the molecule is COC(=O)C(O)c1c(F)ccc2c1OCC2. The molecule has 86 valence electrons. The van der Waals surface area contributed by atoms with E-state index in [1.54, 1.807) is 6.07 Å². The lowest BCUT2D eigenvalue weighted by Gasteiger charge is -2.13. The Hall–Kier alpha value is -1.62. The van der Waals surface area contributed by atoms with Gasteiger partial charge in [0.1, 0.15) is 11.6 Å². The number of hydrogen-bond acceptors (Lipinski definition) is 4. The molecule has 1 unspecified atom stereocenters. The Morgan fingerprint density at radius 1 is 1.62 bits per heavy atom. The zero-order valence-electron chi connectivity index (χ0n) is 8.70. The van der Waals surface area contributed by atoms with Crippen molar-refractivity contribution in [2.45, 2.75) is 12.5 Å². The van der Waals surface area contributed by atoms with Gasteiger partial charge in [0.2, 0.25) is 0 Å². The normalized spacial score (nSPS) is 15.2. The molecular formula is C11H11FO4. The third-order valence-corrected chi connectivity index (χ3v) is 2.54. The van der Waals surface area contributed by atoms with Gasteiger partial charge in [-0.25, -0.2) is 9.18 Å². The molecule has 0 amide bonds. The first kappa shape index (κ1) is 10.9. The standard InChI is InChI=1S/C11H11FO4/c1-15-11(14)9(13)8-7(12)3-2-6-4-5-16-10(6)8/h2-3,9,13H,4-5H2,1H3. The predicted octanol–water partition coefficient (Wildman–Crippen LogP) is 0.967. The molecule has 0 saturated carbocycles. The maximum atomic E-state index is 13.5. The summed E-state index contributed by atoms with van der Waals surface area (Å²) in [5, 5.41) is 9.64. The largest absolute Gasteiger partial charge is 0.492 e. The minimum absolute atomic E-state index is 0.137. The summed E-state index contributed by atoms with van der Waals surface area (Å²) < 4.78 is 23.1. The smallest absolute Gasteiger partial charge is 0.339 e. The molecule has 5 heteroatoms. The number of benzene rings is 1. The summed E-state index contributed by atoms with van der Waals surface area (Å²) in [5.41, 5.74) is 0.654. The third kappa shape index (κ3) is 1.63. The minimum Gasteiger partial charge on any atom is -0.492 e. The maximum Gasteiger partial charge on any atom is 0.339 e. The van der Waals surface area contributed by atoms with Crippen LogP contribution in [0.5, 0.6) is 5.75 Å². The van der Waals surface area contributed by atoms with Gasteiger partial charge in [0, 0.05) is 6.42 Å². The zero-order valence-corrected chi connectivity index (χ0v) is 8.70. The van der Waals surface area contributed by atoms with Crippen molar-refractivity contribution in [3.63, 3.8) is 0 Å². The fourth-order valence-corrected chi connectivity index (χ4v) is 1.74. The Bertz CT molecular complexity index is 430. The first-order chi connectivity index (χ1) is 7.65. The molecular weight excluding hydrogens is 215 g/mol. The molecule has 0 saturated heterocycles. The molecule has 0 bridgehead atoms. The Morgan fingerprint density at radius 2 is 2.38 bits per heavy atom. The van der Waals surface area contributed by atoms with Gasteiger partial charge in [-0.15, -0.1) is 0 Å². The molecule has 1 atom stereocenters. The quantitative estimate of drug-likeness (QED) is 0.763. The summed E-state index contributed by atoms with van der Waals surface area (Å²) in [4.78, 5) is 11.2. The summed E-state index contributed by atoms with van der Waals surface area (Å²) >= 11 is 0. The van der Waals surface area contributed by atoms with E-state index < -0.39 is 17.9 Å². The Morgan fingerprint density at radius 3 is 3.06 bits per heavy atom. The van der Waals surface area contributed by atoms with Gasteiger partial charge in [0.15, 0.2) is 6.10 Å². The summed E-state index contributed by atoms with van der Waals surface area (Å²) in [7, 11) is 1.13. The van der Waals surface area contributed by atoms with Crippen LogP contribution in [0.3, 0.4) is 0 Å². The number of fused-ring (bicyclic) bond motifs is 1. The zero-order chi connectivity index (χ0) is 11.7. The van der Waals surface area contributed by atoms with E-state index in [1.165, 1.54) is 6.07 Å². The number of aliphatic hydroxyl groups is 1. The van der Waals surface area contributed by atoms with Crippen molar-refractivity contribution in [1.29, 1.82) is 0 Å². The minimum atomic E-state index is -1.64. The van der Waals surface area contributed by atoms with Crippen molar-refractivity contribution < 1.29 is 23.8 Å². The second kappa shape index (κ2) is 4.09. The molecule has 4 nitrogen and oxygen atoms in total. The number of esters is 1. The lowest BCUT2D eigenvalue weighted by atomic mass is 10.0. The number of hydrogen-bond donors (Lipinski definition) is 1. The van der Waals surface area contributed by atoms with E-state index >= 15 is 0 Å². The predicted molar refractivity (Wildman–Crippen MR) is 52.6 cm³/mol. The Kier molecular flexibility index (Phi) is 2.78. The van der Waals surface area contributed by atoms with Crippen LogP contribution in [-0.4, -0.2) is 24.8 Å². The van der Waals surface area contributed by atoms with Gasteiger partial charge < -0.3 is 14.6 Å². The number of methoxy groups -OCH3 is 1. The van der Waals surface area contributed by atoms with Gasteiger partial charge in [-0.05, 0) is 11.6 Å². The van der Waals surface area contributed by atoms with Gasteiger partial charge in [-0.3, -0.25) is 0 Å². The highest BCUT2D eigenvalue weighted by atomic mass is 19.1. The highest BCUT2D eigenvalue weighted by Crippen LogP contribution is 2.35. The molecule has 16 heavy (non-hydrogen) atoms. The highest BCUT2D eigenvalue weighted by Gasteiger charge is 2.29. The van der Waals surface area contributed by atoms with Crippen LogP contribution in [0.25, 0.3) is 0 Å².